The first-order valence-corrected chi connectivity index (χ1v) is 8.86. The molecule has 0 saturated carbocycles. The van der Waals surface area contributed by atoms with Crippen molar-refractivity contribution in [2.75, 3.05) is 5.84 Å². The van der Waals surface area contributed by atoms with Crippen molar-refractivity contribution in [3.8, 4) is 11.4 Å². The molecular weight excluding hydrogens is 318 g/mol. The van der Waals surface area contributed by atoms with E-state index in [2.05, 4.69) is 27.5 Å². The van der Waals surface area contributed by atoms with Gasteiger partial charge < -0.3 is 10.3 Å². The molecule has 0 aromatic carbocycles. The largest absolute Gasteiger partial charge is 0.469 e. The Morgan fingerprint density at radius 3 is 3.00 bits per heavy atom. The van der Waals surface area contributed by atoms with E-state index < -0.39 is 0 Å². The van der Waals surface area contributed by atoms with Crippen molar-refractivity contribution in [1.29, 1.82) is 0 Å². The van der Waals surface area contributed by atoms with Crippen LogP contribution in [0.2, 0.25) is 0 Å². The lowest BCUT2D eigenvalue weighted by atomic mass is 10.2. The molecule has 0 aliphatic carbocycles. The number of rotatable bonds is 6. The highest BCUT2D eigenvalue weighted by Crippen LogP contribution is 2.27. The maximum Gasteiger partial charge on any atom is 0.210 e. The van der Waals surface area contributed by atoms with E-state index in [0.29, 0.717) is 11.0 Å². The summed E-state index contributed by atoms with van der Waals surface area (Å²) in [6.07, 6.45) is 3.77. The highest BCUT2D eigenvalue weighted by atomic mass is 32.2. The van der Waals surface area contributed by atoms with Crippen LogP contribution in [0.3, 0.4) is 0 Å². The third-order valence-corrected chi connectivity index (χ3v) is 5.11. The number of furan rings is 1. The summed E-state index contributed by atoms with van der Waals surface area (Å²) in [7, 11) is 0. The molecule has 3 heterocycles. The van der Waals surface area contributed by atoms with Crippen LogP contribution in [0, 0.1) is 6.92 Å². The molecule has 8 heteroatoms. The standard InChI is InChI=1S/C14H17N5OS2/c1-3-4-12-16-10(7-21-12)8-22-14-18-17-13(19(14)15)11-5-6-20-9(11)2/h5-7H,3-4,8,15H2,1-2H3. The van der Waals surface area contributed by atoms with Crippen molar-refractivity contribution in [3.05, 3.63) is 34.2 Å². The molecule has 6 nitrogen and oxygen atoms in total. The zero-order chi connectivity index (χ0) is 15.5. The van der Waals surface area contributed by atoms with Crippen LogP contribution >= 0.6 is 23.1 Å². The third-order valence-electron chi connectivity index (χ3n) is 3.18. The van der Waals surface area contributed by atoms with Crippen LogP contribution in [0.1, 0.15) is 29.8 Å². The van der Waals surface area contributed by atoms with Gasteiger partial charge in [-0.3, -0.25) is 0 Å². The van der Waals surface area contributed by atoms with E-state index in [1.54, 1.807) is 17.6 Å². The van der Waals surface area contributed by atoms with Crippen molar-refractivity contribution in [2.45, 2.75) is 37.6 Å². The van der Waals surface area contributed by atoms with Crippen LogP contribution in [0.4, 0.5) is 0 Å². The predicted octanol–water partition coefficient (Wildman–Crippen LogP) is 3.26. The van der Waals surface area contributed by atoms with Crippen LogP contribution in [0.25, 0.3) is 11.4 Å². The second-order valence-corrected chi connectivity index (χ2v) is 6.72. The minimum absolute atomic E-state index is 0.610. The van der Waals surface area contributed by atoms with Gasteiger partial charge in [0.1, 0.15) is 5.76 Å². The minimum Gasteiger partial charge on any atom is -0.469 e. The van der Waals surface area contributed by atoms with E-state index in [-0.39, 0.29) is 0 Å². The fourth-order valence-corrected chi connectivity index (χ4v) is 3.81. The average Bonchev–Trinajstić information content (AvgIpc) is 3.19. The monoisotopic (exact) mass is 335 g/mol. The van der Waals surface area contributed by atoms with Gasteiger partial charge in [0.05, 0.1) is 22.5 Å². The maximum atomic E-state index is 6.09. The highest BCUT2D eigenvalue weighted by molar-refractivity contribution is 7.98. The molecule has 0 amide bonds. The Kier molecular flexibility index (Phi) is 4.49. The number of hydrogen-bond donors (Lipinski definition) is 1. The molecule has 2 N–H and O–H groups in total. The second-order valence-electron chi connectivity index (χ2n) is 4.84. The molecule has 0 aliphatic rings. The molecule has 0 fully saturated rings. The first-order chi connectivity index (χ1) is 10.7. The van der Waals surface area contributed by atoms with Gasteiger partial charge in [-0.05, 0) is 25.8 Å². The van der Waals surface area contributed by atoms with E-state index in [1.807, 2.05) is 13.0 Å². The molecule has 0 atom stereocenters. The SMILES string of the molecule is CCCc1nc(CSc2nnc(-c3ccoc3C)n2N)cs1. The van der Waals surface area contributed by atoms with E-state index in [1.165, 1.54) is 21.4 Å². The molecule has 22 heavy (non-hydrogen) atoms. The number of nitrogens with zero attached hydrogens (tertiary/aromatic N) is 4. The molecular formula is C14H17N5OS2. The Hall–Kier alpha value is -1.80. The summed E-state index contributed by atoms with van der Waals surface area (Å²) in [5.74, 6) is 8.21. The van der Waals surface area contributed by atoms with Gasteiger partial charge in [0, 0.05) is 11.1 Å². The molecule has 0 spiro atoms. The van der Waals surface area contributed by atoms with Crippen molar-refractivity contribution in [2.24, 2.45) is 0 Å². The van der Waals surface area contributed by atoms with E-state index in [4.69, 9.17) is 10.3 Å². The number of aryl methyl sites for hydroxylation is 2. The Morgan fingerprint density at radius 1 is 1.41 bits per heavy atom. The highest BCUT2D eigenvalue weighted by Gasteiger charge is 2.16. The smallest absolute Gasteiger partial charge is 0.210 e. The summed E-state index contributed by atoms with van der Waals surface area (Å²) in [5, 5.41) is 12.3. The quantitative estimate of drug-likeness (QED) is 0.550. The van der Waals surface area contributed by atoms with Crippen LogP contribution in [-0.2, 0) is 12.2 Å². The summed E-state index contributed by atoms with van der Waals surface area (Å²) >= 11 is 3.24. The molecule has 3 aromatic heterocycles. The Labute approximate surface area is 136 Å². The van der Waals surface area contributed by atoms with Crippen molar-refractivity contribution < 1.29 is 4.42 Å². The number of nitrogens with two attached hydrogens (primary N) is 1. The van der Waals surface area contributed by atoms with Crippen molar-refractivity contribution >= 4 is 23.1 Å². The van der Waals surface area contributed by atoms with Crippen molar-refractivity contribution in [1.82, 2.24) is 19.9 Å². The van der Waals surface area contributed by atoms with Gasteiger partial charge in [0.25, 0.3) is 0 Å². The van der Waals surface area contributed by atoms with Gasteiger partial charge >= 0.3 is 0 Å². The average molecular weight is 335 g/mol. The predicted molar refractivity (Wildman–Crippen MR) is 88.3 cm³/mol. The summed E-state index contributed by atoms with van der Waals surface area (Å²) in [4.78, 5) is 4.60. The normalized spacial score (nSPS) is 11.2. The summed E-state index contributed by atoms with van der Waals surface area (Å²) in [6.45, 7) is 4.04. The van der Waals surface area contributed by atoms with Crippen LogP contribution in [-0.4, -0.2) is 19.9 Å². The Bertz CT molecular complexity index is 761. The molecule has 116 valence electrons. The summed E-state index contributed by atoms with van der Waals surface area (Å²) in [6, 6.07) is 1.84. The summed E-state index contributed by atoms with van der Waals surface area (Å²) in [5.41, 5.74) is 1.92. The first-order valence-electron chi connectivity index (χ1n) is 7.00. The number of aromatic nitrogens is 4. The lowest BCUT2D eigenvalue weighted by Crippen LogP contribution is -2.11. The van der Waals surface area contributed by atoms with Crippen LogP contribution in [0.5, 0.6) is 0 Å². The second kappa shape index (κ2) is 6.53. The zero-order valence-electron chi connectivity index (χ0n) is 12.4. The number of thiazole rings is 1. The molecule has 3 aromatic rings. The maximum absolute atomic E-state index is 6.09. The van der Waals surface area contributed by atoms with Gasteiger partial charge in [-0.2, -0.15) is 0 Å². The van der Waals surface area contributed by atoms with Crippen LogP contribution < -0.4 is 5.84 Å². The van der Waals surface area contributed by atoms with Gasteiger partial charge in [0.2, 0.25) is 5.16 Å². The minimum atomic E-state index is 0.610. The van der Waals surface area contributed by atoms with Crippen molar-refractivity contribution in [3.63, 3.8) is 0 Å². The topological polar surface area (TPSA) is 82.8 Å². The fourth-order valence-electron chi connectivity index (χ4n) is 2.06. The lowest BCUT2D eigenvalue weighted by Gasteiger charge is -2.01. The summed E-state index contributed by atoms with van der Waals surface area (Å²) < 4.78 is 6.79. The molecule has 0 unspecified atom stereocenters. The molecule has 0 bridgehead atoms. The Morgan fingerprint density at radius 2 is 2.27 bits per heavy atom. The zero-order valence-corrected chi connectivity index (χ0v) is 14.1. The van der Waals surface area contributed by atoms with Gasteiger partial charge in [-0.25, -0.2) is 9.66 Å². The third kappa shape index (κ3) is 3.02. The molecule has 3 rings (SSSR count). The van der Waals surface area contributed by atoms with Gasteiger partial charge in [-0.1, -0.05) is 18.7 Å². The number of thioether (sulfide) groups is 1. The van der Waals surface area contributed by atoms with Gasteiger partial charge in [0.15, 0.2) is 5.82 Å². The fraction of sp³-hybridized carbons (Fsp3) is 0.357. The molecule has 0 saturated heterocycles. The van der Waals surface area contributed by atoms with Crippen LogP contribution in [0.15, 0.2) is 27.3 Å². The Balaban J connectivity index is 1.71. The van der Waals surface area contributed by atoms with E-state index >= 15 is 0 Å². The van der Waals surface area contributed by atoms with E-state index in [9.17, 15) is 0 Å². The molecule has 0 radical (unpaired) electrons. The van der Waals surface area contributed by atoms with Gasteiger partial charge in [-0.15, -0.1) is 21.5 Å². The molecule has 0 aliphatic heterocycles. The number of nitrogen functional groups attached to an aromatic ring is 1. The van der Waals surface area contributed by atoms with E-state index in [0.717, 1.165) is 35.6 Å². The lowest BCUT2D eigenvalue weighted by molar-refractivity contribution is 0.535. The number of hydrogen-bond acceptors (Lipinski definition) is 7. The first kappa shape index (κ1) is 15.1.